The standard InChI is InChI=1S/C29H30N2O4/c1-18-26-23(32)14-21(20-5-3-2-4-6-20)15-25(26)35-27(18)28(33)31-11-9-29(10-12-31)17-34-24-8-7-19(16-30)13-22(24)29/h2-8,13,21H,9-12,14-17,30H2,1H3. The van der Waals surface area contributed by atoms with E-state index in [9.17, 15) is 9.59 Å². The topological polar surface area (TPSA) is 85.8 Å². The SMILES string of the molecule is Cc1c(C(=O)N2CCC3(CC2)COc2ccc(CN)cc23)oc2c1C(=O)CC(c1ccccc1)C2. The van der Waals surface area contributed by atoms with Gasteiger partial charge in [0.05, 0.1) is 12.2 Å². The number of amides is 1. The zero-order valence-corrected chi connectivity index (χ0v) is 20.0. The Morgan fingerprint density at radius 3 is 2.63 bits per heavy atom. The molecular weight excluding hydrogens is 440 g/mol. The van der Waals surface area contributed by atoms with Crippen molar-refractivity contribution >= 4 is 11.7 Å². The van der Waals surface area contributed by atoms with Gasteiger partial charge in [-0.3, -0.25) is 9.59 Å². The lowest BCUT2D eigenvalue weighted by atomic mass is 9.74. The second-order valence-electron chi connectivity index (χ2n) is 10.2. The monoisotopic (exact) mass is 470 g/mol. The molecule has 6 heteroatoms. The Hall–Kier alpha value is -3.38. The first-order chi connectivity index (χ1) is 17.0. The van der Waals surface area contributed by atoms with Gasteiger partial charge in [0.25, 0.3) is 5.91 Å². The number of ether oxygens (including phenoxy) is 1. The van der Waals surface area contributed by atoms with Crippen molar-refractivity contribution in [3.63, 3.8) is 0 Å². The van der Waals surface area contributed by atoms with Gasteiger partial charge in [-0.2, -0.15) is 0 Å². The number of carbonyl (C=O) groups excluding carboxylic acids is 2. The van der Waals surface area contributed by atoms with E-state index < -0.39 is 0 Å². The second kappa shape index (κ2) is 8.38. The van der Waals surface area contributed by atoms with Crippen molar-refractivity contribution in [1.82, 2.24) is 4.90 Å². The van der Waals surface area contributed by atoms with E-state index in [0.29, 0.717) is 61.7 Å². The maximum Gasteiger partial charge on any atom is 0.289 e. The number of ketones is 1. The Bertz CT molecular complexity index is 1300. The summed E-state index contributed by atoms with van der Waals surface area (Å²) >= 11 is 0. The summed E-state index contributed by atoms with van der Waals surface area (Å²) in [4.78, 5) is 28.4. The minimum absolute atomic E-state index is 0.0634. The van der Waals surface area contributed by atoms with Gasteiger partial charge in [0.2, 0.25) is 0 Å². The lowest BCUT2D eigenvalue weighted by Gasteiger charge is -2.38. The smallest absolute Gasteiger partial charge is 0.289 e. The van der Waals surface area contributed by atoms with Crippen molar-refractivity contribution in [2.45, 2.75) is 50.5 Å². The molecule has 180 valence electrons. The van der Waals surface area contributed by atoms with E-state index in [2.05, 4.69) is 18.2 Å². The predicted molar refractivity (Wildman–Crippen MR) is 132 cm³/mol. The molecule has 3 aromatic rings. The van der Waals surface area contributed by atoms with Crippen LogP contribution in [0.3, 0.4) is 0 Å². The van der Waals surface area contributed by atoms with Crippen LogP contribution in [0.4, 0.5) is 0 Å². The summed E-state index contributed by atoms with van der Waals surface area (Å²) in [6.07, 6.45) is 2.74. The minimum Gasteiger partial charge on any atom is -0.492 e. The number of fused-ring (bicyclic) bond motifs is 3. The molecule has 1 amide bonds. The van der Waals surface area contributed by atoms with Crippen LogP contribution in [0.25, 0.3) is 0 Å². The quantitative estimate of drug-likeness (QED) is 0.608. The Morgan fingerprint density at radius 1 is 1.11 bits per heavy atom. The van der Waals surface area contributed by atoms with Crippen molar-refractivity contribution < 1.29 is 18.7 Å². The molecule has 2 N–H and O–H groups in total. The highest BCUT2D eigenvalue weighted by Crippen LogP contribution is 2.46. The molecule has 1 unspecified atom stereocenters. The van der Waals surface area contributed by atoms with Crippen LogP contribution in [-0.4, -0.2) is 36.3 Å². The van der Waals surface area contributed by atoms with Gasteiger partial charge in [-0.1, -0.05) is 42.5 Å². The maximum absolute atomic E-state index is 13.5. The van der Waals surface area contributed by atoms with Crippen LogP contribution in [-0.2, 0) is 18.4 Å². The van der Waals surface area contributed by atoms with Crippen molar-refractivity contribution in [2.75, 3.05) is 19.7 Å². The Kier molecular flexibility index (Phi) is 5.29. The lowest BCUT2D eigenvalue weighted by molar-refractivity contribution is 0.0612. The summed E-state index contributed by atoms with van der Waals surface area (Å²) in [5, 5.41) is 0. The Labute approximate surface area is 205 Å². The fourth-order valence-electron chi connectivity index (χ4n) is 6.10. The van der Waals surface area contributed by atoms with Gasteiger partial charge in [0, 0.05) is 49.0 Å². The number of piperidine rings is 1. The fourth-order valence-corrected chi connectivity index (χ4v) is 6.10. The molecule has 1 spiro atoms. The number of benzene rings is 2. The highest BCUT2D eigenvalue weighted by Gasteiger charge is 2.45. The van der Waals surface area contributed by atoms with Gasteiger partial charge in [0.15, 0.2) is 11.5 Å². The number of hydrogen-bond donors (Lipinski definition) is 1. The lowest BCUT2D eigenvalue weighted by Crippen LogP contribution is -2.46. The molecule has 3 heterocycles. The molecule has 0 saturated carbocycles. The van der Waals surface area contributed by atoms with Crippen LogP contribution < -0.4 is 10.5 Å². The minimum atomic E-state index is -0.120. The van der Waals surface area contributed by atoms with Gasteiger partial charge < -0.3 is 19.8 Å². The Balaban J connectivity index is 1.21. The molecule has 2 aromatic carbocycles. The van der Waals surface area contributed by atoms with E-state index in [1.54, 1.807) is 0 Å². The van der Waals surface area contributed by atoms with E-state index >= 15 is 0 Å². The van der Waals surface area contributed by atoms with Crippen molar-refractivity contribution in [3.05, 3.63) is 87.9 Å². The average molecular weight is 471 g/mol. The normalized spacial score (nSPS) is 20.5. The number of carbonyl (C=O) groups is 2. The van der Waals surface area contributed by atoms with Crippen LogP contribution in [0.2, 0.25) is 0 Å². The molecule has 35 heavy (non-hydrogen) atoms. The first kappa shape index (κ1) is 22.1. The molecule has 2 aliphatic heterocycles. The second-order valence-corrected chi connectivity index (χ2v) is 10.2. The highest BCUT2D eigenvalue weighted by molar-refractivity contribution is 6.04. The number of likely N-dealkylation sites (tertiary alicyclic amines) is 1. The summed E-state index contributed by atoms with van der Waals surface area (Å²) < 4.78 is 12.1. The van der Waals surface area contributed by atoms with Crippen molar-refractivity contribution in [1.29, 1.82) is 0 Å². The fraction of sp³-hybridized carbons (Fsp3) is 0.379. The van der Waals surface area contributed by atoms with Gasteiger partial charge in [-0.05, 0) is 42.9 Å². The van der Waals surface area contributed by atoms with Crippen LogP contribution in [0, 0.1) is 6.92 Å². The molecule has 1 atom stereocenters. The van der Waals surface area contributed by atoms with E-state index in [4.69, 9.17) is 14.9 Å². The number of nitrogens with zero attached hydrogens (tertiary/aromatic N) is 1. The molecule has 6 rings (SSSR count). The molecular formula is C29H30N2O4. The third-order valence-corrected chi connectivity index (χ3v) is 8.19. The summed E-state index contributed by atoms with van der Waals surface area (Å²) in [6, 6.07) is 16.3. The zero-order chi connectivity index (χ0) is 24.2. The van der Waals surface area contributed by atoms with Gasteiger partial charge in [-0.25, -0.2) is 0 Å². The van der Waals surface area contributed by atoms with Gasteiger partial charge in [-0.15, -0.1) is 0 Å². The van der Waals surface area contributed by atoms with Crippen molar-refractivity contribution in [3.8, 4) is 5.75 Å². The van der Waals surface area contributed by atoms with Crippen molar-refractivity contribution in [2.24, 2.45) is 5.73 Å². The molecule has 1 fully saturated rings. The molecule has 6 nitrogen and oxygen atoms in total. The van der Waals surface area contributed by atoms with E-state index in [1.807, 2.05) is 42.2 Å². The van der Waals surface area contributed by atoms with E-state index in [1.165, 1.54) is 5.56 Å². The third kappa shape index (κ3) is 3.59. The summed E-state index contributed by atoms with van der Waals surface area (Å²) in [6.45, 7) is 4.24. The zero-order valence-electron chi connectivity index (χ0n) is 20.0. The number of furan rings is 1. The van der Waals surface area contributed by atoms with E-state index in [-0.39, 0.29) is 23.0 Å². The molecule has 1 aliphatic carbocycles. The van der Waals surface area contributed by atoms with Crippen LogP contribution in [0.1, 0.15) is 74.1 Å². The first-order valence-corrected chi connectivity index (χ1v) is 12.4. The molecule has 0 radical (unpaired) electrons. The van der Waals surface area contributed by atoms with Crippen LogP contribution in [0.5, 0.6) is 5.75 Å². The predicted octanol–water partition coefficient (Wildman–Crippen LogP) is 4.53. The van der Waals surface area contributed by atoms with E-state index in [0.717, 1.165) is 29.7 Å². The first-order valence-electron chi connectivity index (χ1n) is 12.4. The molecule has 3 aliphatic rings. The average Bonchev–Trinajstić information content (AvgIpc) is 3.42. The number of nitrogens with two attached hydrogens (primary N) is 1. The van der Waals surface area contributed by atoms with Crippen LogP contribution >= 0.6 is 0 Å². The van der Waals surface area contributed by atoms with Gasteiger partial charge >= 0.3 is 0 Å². The Morgan fingerprint density at radius 2 is 1.89 bits per heavy atom. The number of hydrogen-bond acceptors (Lipinski definition) is 5. The summed E-state index contributed by atoms with van der Waals surface area (Å²) in [5.41, 5.74) is 10.5. The molecule has 0 bridgehead atoms. The maximum atomic E-state index is 13.5. The summed E-state index contributed by atoms with van der Waals surface area (Å²) in [7, 11) is 0. The third-order valence-electron chi connectivity index (χ3n) is 8.19. The molecule has 1 aromatic heterocycles. The van der Waals surface area contributed by atoms with Gasteiger partial charge in [0.1, 0.15) is 11.5 Å². The largest absolute Gasteiger partial charge is 0.492 e. The number of Topliss-reactive ketones (excluding diaryl/α,β-unsaturated/α-hetero) is 1. The van der Waals surface area contributed by atoms with Crippen LogP contribution in [0.15, 0.2) is 52.9 Å². The highest BCUT2D eigenvalue weighted by atomic mass is 16.5. The molecule has 1 saturated heterocycles. The number of rotatable bonds is 3. The summed E-state index contributed by atoms with van der Waals surface area (Å²) in [5.74, 6) is 1.93.